The van der Waals surface area contributed by atoms with E-state index in [9.17, 15) is 19.5 Å². The smallest absolute Gasteiger partial charge is 0.338 e. The van der Waals surface area contributed by atoms with Gasteiger partial charge in [0.05, 0.1) is 0 Å². The first-order chi connectivity index (χ1) is 10.2. The number of aliphatic carboxylic acids is 1. The molecule has 0 aliphatic heterocycles. The van der Waals surface area contributed by atoms with Crippen LogP contribution in [0.1, 0.15) is 60.8 Å². The van der Waals surface area contributed by atoms with Crippen LogP contribution in [-0.4, -0.2) is 46.8 Å². The Kier molecular flexibility index (Phi) is 9.20. The van der Waals surface area contributed by atoms with Crippen molar-refractivity contribution >= 4 is 17.9 Å². The average Bonchev–Trinajstić information content (AvgIpc) is 2.29. The summed E-state index contributed by atoms with van der Waals surface area (Å²) in [6, 6.07) is 0. The van der Waals surface area contributed by atoms with Crippen molar-refractivity contribution in [1.29, 1.82) is 0 Å². The van der Waals surface area contributed by atoms with Crippen LogP contribution in [-0.2, 0) is 23.9 Å². The highest BCUT2D eigenvalue weighted by Crippen LogP contribution is 2.21. The minimum absolute atomic E-state index is 0. The zero-order chi connectivity index (χ0) is 18.5. The van der Waals surface area contributed by atoms with Gasteiger partial charge in [0.15, 0.2) is 0 Å². The molecule has 0 saturated heterocycles. The first kappa shape index (κ1) is 24.6. The maximum atomic E-state index is 12.3. The molecule has 8 heteroatoms. The molecule has 0 aliphatic rings. The molecule has 0 saturated carbocycles. The van der Waals surface area contributed by atoms with Gasteiger partial charge in [-0.15, -0.1) is 0 Å². The predicted molar refractivity (Wildman–Crippen MR) is 90.0 cm³/mol. The van der Waals surface area contributed by atoms with Gasteiger partial charge in [-0.3, -0.25) is 10.1 Å². The number of ether oxygens (including phenoxy) is 2. The summed E-state index contributed by atoms with van der Waals surface area (Å²) in [4.78, 5) is 35.6. The molecule has 0 spiro atoms. The Bertz CT molecular complexity index is 450. The van der Waals surface area contributed by atoms with Crippen LogP contribution >= 0.6 is 0 Å². The number of nitrogens with one attached hydrogen (secondary N) is 1. The molecule has 5 N–H and O–H groups in total. The molecular formula is C16H32N2O6. The summed E-state index contributed by atoms with van der Waals surface area (Å²) >= 11 is 0. The Hall–Kier alpha value is -1.67. The van der Waals surface area contributed by atoms with Gasteiger partial charge in [-0.25, -0.2) is 9.59 Å². The first-order valence-electron chi connectivity index (χ1n) is 7.61. The molecule has 142 valence electrons. The van der Waals surface area contributed by atoms with Gasteiger partial charge in [0.1, 0.15) is 11.2 Å². The van der Waals surface area contributed by atoms with Crippen LogP contribution in [0.5, 0.6) is 0 Å². The van der Waals surface area contributed by atoms with Crippen LogP contribution in [0.2, 0.25) is 0 Å². The van der Waals surface area contributed by atoms with E-state index in [2.05, 4.69) is 5.32 Å². The van der Waals surface area contributed by atoms with Crippen LogP contribution in [0.3, 0.4) is 0 Å². The van der Waals surface area contributed by atoms with Gasteiger partial charge in [0.2, 0.25) is 5.54 Å². The number of carbonyl (C=O) groups excluding carboxylic acids is 2. The van der Waals surface area contributed by atoms with Crippen molar-refractivity contribution in [2.75, 3.05) is 7.05 Å². The number of hydrogen-bond acceptors (Lipinski definition) is 7. The van der Waals surface area contributed by atoms with Crippen LogP contribution in [0.25, 0.3) is 0 Å². The average molecular weight is 348 g/mol. The molecule has 0 aromatic carbocycles. The first-order valence-corrected chi connectivity index (χ1v) is 7.61. The molecule has 0 bridgehead atoms. The highest BCUT2D eigenvalue weighted by Gasteiger charge is 2.47. The summed E-state index contributed by atoms with van der Waals surface area (Å²) < 4.78 is 10.4. The second-order valence-corrected chi connectivity index (χ2v) is 7.40. The van der Waals surface area contributed by atoms with Crippen LogP contribution in [0, 0.1) is 0 Å². The third kappa shape index (κ3) is 8.26. The Morgan fingerprint density at radius 1 is 0.958 bits per heavy atom. The van der Waals surface area contributed by atoms with E-state index in [1.54, 1.807) is 41.5 Å². The fourth-order valence-electron chi connectivity index (χ4n) is 1.89. The molecule has 0 aliphatic carbocycles. The van der Waals surface area contributed by atoms with Crippen LogP contribution in [0.4, 0.5) is 0 Å². The van der Waals surface area contributed by atoms with Crippen molar-refractivity contribution in [3.05, 3.63) is 0 Å². The highest BCUT2D eigenvalue weighted by atomic mass is 16.6. The van der Waals surface area contributed by atoms with Gasteiger partial charge in [-0.05, 0) is 61.4 Å². The van der Waals surface area contributed by atoms with E-state index in [4.69, 9.17) is 9.47 Å². The van der Waals surface area contributed by atoms with Gasteiger partial charge in [0, 0.05) is 6.42 Å². The molecule has 1 unspecified atom stereocenters. The zero-order valence-corrected chi connectivity index (χ0v) is 15.8. The van der Waals surface area contributed by atoms with E-state index < -0.39 is 34.6 Å². The van der Waals surface area contributed by atoms with Crippen LogP contribution in [0.15, 0.2) is 0 Å². The quantitative estimate of drug-likeness (QED) is 0.469. The van der Waals surface area contributed by atoms with Crippen LogP contribution < -0.4 is 11.5 Å². The van der Waals surface area contributed by atoms with Crippen molar-refractivity contribution in [2.45, 2.75) is 77.5 Å². The van der Waals surface area contributed by atoms with Gasteiger partial charge < -0.3 is 20.7 Å². The van der Waals surface area contributed by atoms with Gasteiger partial charge in [-0.1, -0.05) is 0 Å². The molecule has 1 atom stereocenters. The molecule has 0 rings (SSSR count). The summed E-state index contributed by atoms with van der Waals surface area (Å²) in [7, 11) is 1.38. The molecular weight excluding hydrogens is 316 g/mol. The van der Waals surface area contributed by atoms with Crippen molar-refractivity contribution < 1.29 is 29.0 Å². The highest BCUT2D eigenvalue weighted by molar-refractivity contribution is 6.04. The monoisotopic (exact) mass is 348 g/mol. The van der Waals surface area contributed by atoms with Gasteiger partial charge in [-0.2, -0.15) is 0 Å². The number of rotatable bonds is 7. The van der Waals surface area contributed by atoms with E-state index in [-0.39, 0.29) is 25.4 Å². The topological polar surface area (TPSA) is 137 Å². The van der Waals surface area contributed by atoms with Crippen molar-refractivity contribution in [1.82, 2.24) is 11.5 Å². The third-order valence-corrected chi connectivity index (χ3v) is 2.89. The van der Waals surface area contributed by atoms with Crippen molar-refractivity contribution in [3.63, 3.8) is 0 Å². The number of hydrogen-bond donors (Lipinski definition) is 3. The van der Waals surface area contributed by atoms with Crippen molar-refractivity contribution in [2.24, 2.45) is 0 Å². The molecule has 0 aromatic heterocycles. The maximum absolute atomic E-state index is 12.3. The number of carboxylic acids is 1. The third-order valence-electron chi connectivity index (χ3n) is 2.89. The molecule has 0 amide bonds. The second-order valence-electron chi connectivity index (χ2n) is 7.40. The predicted octanol–water partition coefficient (Wildman–Crippen LogP) is 2.04. The standard InChI is InChI=1S/C16H29NO6.H3N/c1-14(2,3)22-11(18)9-8-10-16(17-7,12(19)20)13(21)23-15(4,5)6;/h17H,8-10H2,1-7H3,(H,19,20);1H3. The molecule has 0 aromatic rings. The second kappa shape index (κ2) is 8.98. The number of carboxylic acid groups (broad SMARTS) is 1. The summed E-state index contributed by atoms with van der Waals surface area (Å²) in [6.07, 6.45) is 0.130. The Labute approximate surface area is 143 Å². The fraction of sp³-hybridized carbons (Fsp3) is 0.812. The Morgan fingerprint density at radius 2 is 1.42 bits per heavy atom. The number of esters is 2. The summed E-state index contributed by atoms with van der Waals surface area (Å²) in [5.41, 5.74) is -3.29. The molecule has 0 fully saturated rings. The number of likely N-dealkylation sites (N-methyl/N-ethyl adjacent to an activating group) is 1. The lowest BCUT2D eigenvalue weighted by Crippen LogP contribution is -2.58. The van der Waals surface area contributed by atoms with E-state index in [1.807, 2.05) is 0 Å². The van der Waals surface area contributed by atoms with Crippen molar-refractivity contribution in [3.8, 4) is 0 Å². The lowest BCUT2D eigenvalue weighted by Gasteiger charge is -2.30. The molecule has 0 radical (unpaired) electrons. The molecule has 24 heavy (non-hydrogen) atoms. The summed E-state index contributed by atoms with van der Waals surface area (Å²) in [5.74, 6) is -2.64. The summed E-state index contributed by atoms with van der Waals surface area (Å²) in [6.45, 7) is 10.2. The van der Waals surface area contributed by atoms with E-state index in [1.165, 1.54) is 7.05 Å². The fourth-order valence-corrected chi connectivity index (χ4v) is 1.89. The Balaban J connectivity index is 0. The molecule has 0 heterocycles. The SMILES string of the molecule is CNC(CCCC(=O)OC(C)(C)C)(C(=O)O)C(=O)OC(C)(C)C.N. The lowest BCUT2D eigenvalue weighted by atomic mass is 9.92. The van der Waals surface area contributed by atoms with Gasteiger partial charge >= 0.3 is 17.9 Å². The normalized spacial score (nSPS) is 14.1. The minimum Gasteiger partial charge on any atom is -0.479 e. The maximum Gasteiger partial charge on any atom is 0.338 e. The molecule has 8 nitrogen and oxygen atoms in total. The van der Waals surface area contributed by atoms with E-state index in [0.717, 1.165) is 0 Å². The minimum atomic E-state index is -1.88. The lowest BCUT2D eigenvalue weighted by molar-refractivity contribution is -0.172. The van der Waals surface area contributed by atoms with E-state index in [0.29, 0.717) is 0 Å². The Morgan fingerprint density at radius 3 is 1.75 bits per heavy atom. The largest absolute Gasteiger partial charge is 0.479 e. The van der Waals surface area contributed by atoms with E-state index >= 15 is 0 Å². The summed E-state index contributed by atoms with van der Waals surface area (Å²) in [5, 5.41) is 12.0. The number of carbonyl (C=O) groups is 3. The van der Waals surface area contributed by atoms with Gasteiger partial charge in [0.25, 0.3) is 0 Å². The zero-order valence-electron chi connectivity index (χ0n) is 15.8.